The smallest absolute Gasteiger partial charge is 0.254 e. The third-order valence-corrected chi connectivity index (χ3v) is 2.64. The van der Waals surface area contributed by atoms with Gasteiger partial charge in [0.25, 0.3) is 5.56 Å². The molecule has 1 aliphatic carbocycles. The molecule has 0 atom stereocenters. The van der Waals surface area contributed by atoms with Crippen LogP contribution in [-0.4, -0.2) is 4.57 Å². The highest BCUT2D eigenvalue weighted by molar-refractivity contribution is 5.21. The summed E-state index contributed by atoms with van der Waals surface area (Å²) < 4.78 is 1.74. The van der Waals surface area contributed by atoms with Crippen molar-refractivity contribution in [3.63, 3.8) is 0 Å². The van der Waals surface area contributed by atoms with Crippen molar-refractivity contribution in [3.05, 3.63) is 33.7 Å². The van der Waals surface area contributed by atoms with Gasteiger partial charge in [-0.25, -0.2) is 0 Å². The highest BCUT2D eigenvalue weighted by atomic mass is 16.1. The quantitative estimate of drug-likeness (QED) is 0.725. The lowest BCUT2D eigenvalue weighted by Gasteiger charge is -2.07. The number of nitrogens with zero attached hydrogens (tertiary/aromatic N) is 1. The van der Waals surface area contributed by atoms with Crippen LogP contribution in [0.5, 0.6) is 0 Å². The Morgan fingerprint density at radius 1 is 1.54 bits per heavy atom. The molecule has 2 rings (SSSR count). The summed E-state index contributed by atoms with van der Waals surface area (Å²) in [6, 6.07) is 3.89. The molecule has 1 fully saturated rings. The first-order valence-electron chi connectivity index (χ1n) is 4.63. The zero-order valence-electron chi connectivity index (χ0n) is 7.79. The van der Waals surface area contributed by atoms with Crippen LogP contribution in [0.3, 0.4) is 0 Å². The molecule has 13 heavy (non-hydrogen) atoms. The molecule has 0 spiro atoms. The highest BCUT2D eigenvalue weighted by Crippen LogP contribution is 2.39. The number of rotatable bonds is 2. The first-order chi connectivity index (χ1) is 6.24. The van der Waals surface area contributed by atoms with Gasteiger partial charge in [-0.15, -0.1) is 0 Å². The van der Waals surface area contributed by atoms with E-state index in [4.69, 9.17) is 5.73 Å². The Kier molecular flexibility index (Phi) is 1.96. The van der Waals surface area contributed by atoms with Gasteiger partial charge in [0.15, 0.2) is 0 Å². The van der Waals surface area contributed by atoms with E-state index in [0.717, 1.165) is 5.69 Å². The SMILES string of the molecule is Cn1c(C2CC2)ccc(CN)c1=O. The zero-order chi connectivity index (χ0) is 9.42. The van der Waals surface area contributed by atoms with E-state index < -0.39 is 0 Å². The molecule has 0 radical (unpaired) electrons. The second-order valence-corrected chi connectivity index (χ2v) is 3.63. The standard InChI is InChI=1S/C10H14N2O/c1-12-9(7-2-3-7)5-4-8(6-11)10(12)13/h4-5,7H,2-3,6,11H2,1H3. The Morgan fingerprint density at radius 3 is 2.77 bits per heavy atom. The van der Waals surface area contributed by atoms with Crippen LogP contribution >= 0.6 is 0 Å². The molecule has 1 aromatic heterocycles. The van der Waals surface area contributed by atoms with Gasteiger partial charge in [0.05, 0.1) is 0 Å². The molecule has 0 unspecified atom stereocenters. The maximum Gasteiger partial charge on any atom is 0.254 e. The van der Waals surface area contributed by atoms with Crippen LogP contribution in [0.1, 0.15) is 30.0 Å². The second-order valence-electron chi connectivity index (χ2n) is 3.63. The van der Waals surface area contributed by atoms with Crippen LogP contribution in [0.15, 0.2) is 16.9 Å². The van der Waals surface area contributed by atoms with Gasteiger partial charge in [0.1, 0.15) is 0 Å². The molecule has 0 amide bonds. The molecule has 3 nitrogen and oxygen atoms in total. The third kappa shape index (κ3) is 1.40. The van der Waals surface area contributed by atoms with Gasteiger partial charge in [-0.2, -0.15) is 0 Å². The van der Waals surface area contributed by atoms with Crippen molar-refractivity contribution in [1.82, 2.24) is 4.57 Å². The normalized spacial score (nSPS) is 16.2. The van der Waals surface area contributed by atoms with E-state index in [2.05, 4.69) is 0 Å². The van der Waals surface area contributed by atoms with Crippen molar-refractivity contribution in [3.8, 4) is 0 Å². The molecule has 3 heteroatoms. The Hall–Kier alpha value is -1.09. The minimum absolute atomic E-state index is 0.0619. The monoisotopic (exact) mass is 178 g/mol. The third-order valence-electron chi connectivity index (χ3n) is 2.64. The topological polar surface area (TPSA) is 48.0 Å². The molecule has 0 bridgehead atoms. The van der Waals surface area contributed by atoms with E-state index in [1.165, 1.54) is 12.8 Å². The largest absolute Gasteiger partial charge is 0.326 e. The Labute approximate surface area is 77.2 Å². The van der Waals surface area contributed by atoms with E-state index in [9.17, 15) is 4.79 Å². The van der Waals surface area contributed by atoms with E-state index in [0.29, 0.717) is 18.0 Å². The van der Waals surface area contributed by atoms with Gasteiger partial charge in [0.2, 0.25) is 0 Å². The van der Waals surface area contributed by atoms with Gasteiger partial charge in [0, 0.05) is 24.8 Å². The van der Waals surface area contributed by atoms with Gasteiger partial charge in [-0.1, -0.05) is 6.07 Å². The molecule has 1 saturated carbocycles. The average molecular weight is 178 g/mol. The van der Waals surface area contributed by atoms with Gasteiger partial charge in [-0.05, 0) is 24.8 Å². The number of hydrogen-bond donors (Lipinski definition) is 1. The maximum absolute atomic E-state index is 11.6. The number of aromatic nitrogens is 1. The van der Waals surface area contributed by atoms with Crippen molar-refractivity contribution in [1.29, 1.82) is 0 Å². The average Bonchev–Trinajstić information content (AvgIpc) is 2.93. The molecule has 0 aliphatic heterocycles. The molecule has 1 aliphatic rings. The van der Waals surface area contributed by atoms with E-state index >= 15 is 0 Å². The fourth-order valence-electron chi connectivity index (χ4n) is 1.65. The molecule has 2 N–H and O–H groups in total. The molecule has 1 aromatic rings. The van der Waals surface area contributed by atoms with Crippen molar-refractivity contribution >= 4 is 0 Å². The van der Waals surface area contributed by atoms with Crippen molar-refractivity contribution in [2.75, 3.05) is 0 Å². The molecule has 0 saturated heterocycles. The molecular weight excluding hydrogens is 164 g/mol. The summed E-state index contributed by atoms with van der Waals surface area (Å²) >= 11 is 0. The summed E-state index contributed by atoms with van der Waals surface area (Å²) in [5, 5.41) is 0. The summed E-state index contributed by atoms with van der Waals surface area (Å²) in [5.41, 5.74) is 7.37. The van der Waals surface area contributed by atoms with E-state index in [-0.39, 0.29) is 5.56 Å². The van der Waals surface area contributed by atoms with Crippen LogP contribution in [0.2, 0.25) is 0 Å². The van der Waals surface area contributed by atoms with Crippen LogP contribution in [-0.2, 0) is 13.6 Å². The Bertz CT molecular complexity index is 377. The molecule has 1 heterocycles. The maximum atomic E-state index is 11.6. The van der Waals surface area contributed by atoms with Crippen LogP contribution < -0.4 is 11.3 Å². The minimum atomic E-state index is 0.0619. The molecule has 0 aromatic carbocycles. The van der Waals surface area contributed by atoms with Crippen molar-refractivity contribution in [2.45, 2.75) is 25.3 Å². The zero-order valence-corrected chi connectivity index (χ0v) is 7.79. The summed E-state index contributed by atoms with van der Waals surface area (Å²) in [6.45, 7) is 0.331. The lowest BCUT2D eigenvalue weighted by atomic mass is 10.2. The number of nitrogens with two attached hydrogens (primary N) is 1. The van der Waals surface area contributed by atoms with Crippen molar-refractivity contribution < 1.29 is 0 Å². The molecule has 70 valence electrons. The predicted molar refractivity (Wildman–Crippen MR) is 51.5 cm³/mol. The lowest BCUT2D eigenvalue weighted by molar-refractivity contribution is 0.758. The van der Waals surface area contributed by atoms with Gasteiger partial charge in [-0.3, -0.25) is 4.79 Å². The minimum Gasteiger partial charge on any atom is -0.326 e. The van der Waals surface area contributed by atoms with Crippen molar-refractivity contribution in [2.24, 2.45) is 12.8 Å². The summed E-state index contributed by atoms with van der Waals surface area (Å²) in [5.74, 6) is 0.615. The summed E-state index contributed by atoms with van der Waals surface area (Å²) in [7, 11) is 1.83. The van der Waals surface area contributed by atoms with E-state index in [1.807, 2.05) is 19.2 Å². The van der Waals surface area contributed by atoms with Gasteiger partial charge >= 0.3 is 0 Å². The van der Waals surface area contributed by atoms with Crippen LogP contribution in [0.4, 0.5) is 0 Å². The first kappa shape index (κ1) is 8.51. The van der Waals surface area contributed by atoms with Gasteiger partial charge < -0.3 is 10.3 Å². The number of pyridine rings is 1. The van der Waals surface area contributed by atoms with Crippen LogP contribution in [0, 0.1) is 0 Å². The fraction of sp³-hybridized carbons (Fsp3) is 0.500. The molecular formula is C10H14N2O. The Morgan fingerprint density at radius 2 is 2.23 bits per heavy atom. The summed E-state index contributed by atoms with van der Waals surface area (Å²) in [6.07, 6.45) is 2.44. The predicted octanol–water partition coefficient (Wildman–Crippen LogP) is 0.721. The first-order valence-corrected chi connectivity index (χ1v) is 4.63. The fourth-order valence-corrected chi connectivity index (χ4v) is 1.65. The lowest BCUT2D eigenvalue weighted by Crippen LogP contribution is -2.25. The highest BCUT2D eigenvalue weighted by Gasteiger charge is 2.26. The number of hydrogen-bond acceptors (Lipinski definition) is 2. The second kappa shape index (κ2) is 3.00. The van der Waals surface area contributed by atoms with Crippen LogP contribution in [0.25, 0.3) is 0 Å². The summed E-state index contributed by atoms with van der Waals surface area (Å²) in [4.78, 5) is 11.6. The Balaban J connectivity index is 2.51. The van der Waals surface area contributed by atoms with E-state index in [1.54, 1.807) is 4.57 Å².